The van der Waals surface area contributed by atoms with Gasteiger partial charge >= 0.3 is 0 Å². The number of benzene rings is 1. The first kappa shape index (κ1) is 22.6. The zero-order chi connectivity index (χ0) is 21.4. The molecular formula is C22H31N5O2. The largest absolute Gasteiger partial charge is 0.383 e. The highest BCUT2D eigenvalue weighted by molar-refractivity contribution is 5.88. The first-order chi connectivity index (χ1) is 13.9. The van der Waals surface area contributed by atoms with Gasteiger partial charge in [-0.3, -0.25) is 4.79 Å². The molecule has 0 aliphatic carbocycles. The van der Waals surface area contributed by atoms with E-state index >= 15 is 0 Å². The number of rotatable bonds is 10. The fraction of sp³-hybridized carbons (Fsp3) is 0.545. The molecule has 1 aromatic carbocycles. The van der Waals surface area contributed by atoms with Gasteiger partial charge in [0.2, 0.25) is 5.91 Å². The fourth-order valence-corrected chi connectivity index (χ4v) is 3.18. The van der Waals surface area contributed by atoms with Crippen molar-refractivity contribution >= 4 is 22.8 Å². The van der Waals surface area contributed by atoms with Crippen molar-refractivity contribution in [2.24, 2.45) is 11.8 Å². The van der Waals surface area contributed by atoms with E-state index in [4.69, 9.17) is 14.7 Å². The number of anilines is 1. The SMILES string of the molecule is COCCNC(=O)C(C#N)c1nc2ccccc2nc1N(CC(C)C)CC(C)C. The van der Waals surface area contributed by atoms with Crippen molar-refractivity contribution in [1.29, 1.82) is 5.26 Å². The van der Waals surface area contributed by atoms with Gasteiger partial charge in [0.05, 0.1) is 23.7 Å². The van der Waals surface area contributed by atoms with Crippen molar-refractivity contribution in [3.8, 4) is 6.07 Å². The first-order valence-corrected chi connectivity index (χ1v) is 10.0. The molecule has 156 valence electrons. The van der Waals surface area contributed by atoms with Gasteiger partial charge < -0.3 is 15.0 Å². The number of nitrogens with zero attached hydrogens (tertiary/aromatic N) is 4. The molecule has 1 N–H and O–H groups in total. The van der Waals surface area contributed by atoms with Gasteiger partial charge in [0.1, 0.15) is 5.69 Å². The Bertz CT molecular complexity index is 850. The molecular weight excluding hydrogens is 366 g/mol. The summed E-state index contributed by atoms with van der Waals surface area (Å²) in [6.07, 6.45) is 0. The second-order valence-corrected chi connectivity index (χ2v) is 7.96. The summed E-state index contributed by atoms with van der Waals surface area (Å²) in [5.74, 6) is -0.0263. The number of hydrogen-bond donors (Lipinski definition) is 1. The Kier molecular flexibility index (Phi) is 8.34. The molecule has 0 fully saturated rings. The molecule has 0 saturated heterocycles. The molecule has 2 rings (SSSR count). The van der Waals surface area contributed by atoms with Crippen LogP contribution in [0.4, 0.5) is 5.82 Å². The van der Waals surface area contributed by atoms with Crippen molar-refractivity contribution < 1.29 is 9.53 Å². The van der Waals surface area contributed by atoms with Crippen LogP contribution in [0.3, 0.4) is 0 Å². The zero-order valence-corrected chi connectivity index (χ0v) is 18.0. The van der Waals surface area contributed by atoms with Gasteiger partial charge in [0.15, 0.2) is 11.7 Å². The van der Waals surface area contributed by atoms with E-state index in [0.29, 0.717) is 42.0 Å². The number of carbonyl (C=O) groups excluding carboxylic acids is 1. The normalized spacial score (nSPS) is 12.2. The van der Waals surface area contributed by atoms with Crippen LogP contribution < -0.4 is 10.2 Å². The lowest BCUT2D eigenvalue weighted by atomic mass is 10.0. The van der Waals surface area contributed by atoms with E-state index in [1.807, 2.05) is 24.3 Å². The number of nitriles is 1. The number of nitrogens with one attached hydrogen (secondary N) is 1. The number of methoxy groups -OCH3 is 1. The number of ether oxygens (including phenoxy) is 1. The highest BCUT2D eigenvalue weighted by atomic mass is 16.5. The zero-order valence-electron chi connectivity index (χ0n) is 18.0. The van der Waals surface area contributed by atoms with Gasteiger partial charge in [-0.15, -0.1) is 0 Å². The van der Waals surface area contributed by atoms with E-state index in [9.17, 15) is 10.1 Å². The molecule has 1 unspecified atom stereocenters. The molecule has 0 radical (unpaired) electrons. The number of para-hydroxylation sites is 2. The van der Waals surface area contributed by atoms with Gasteiger partial charge in [-0.1, -0.05) is 39.8 Å². The number of hydrogen-bond acceptors (Lipinski definition) is 6. The Morgan fingerprint density at radius 1 is 1.14 bits per heavy atom. The van der Waals surface area contributed by atoms with Crippen molar-refractivity contribution in [2.75, 3.05) is 38.3 Å². The summed E-state index contributed by atoms with van der Waals surface area (Å²) in [7, 11) is 1.57. The highest BCUT2D eigenvalue weighted by Gasteiger charge is 2.29. The molecule has 2 aromatic rings. The third-order valence-electron chi connectivity index (χ3n) is 4.32. The van der Waals surface area contributed by atoms with Crippen molar-refractivity contribution in [3.05, 3.63) is 30.0 Å². The quantitative estimate of drug-likeness (QED) is 0.620. The molecule has 7 nitrogen and oxygen atoms in total. The topological polar surface area (TPSA) is 91.1 Å². The number of amides is 1. The Hall–Kier alpha value is -2.72. The molecule has 1 heterocycles. The molecule has 0 aliphatic rings. The summed E-state index contributed by atoms with van der Waals surface area (Å²) in [5.41, 5.74) is 1.83. The number of carbonyl (C=O) groups is 1. The monoisotopic (exact) mass is 397 g/mol. The third-order valence-corrected chi connectivity index (χ3v) is 4.32. The maximum atomic E-state index is 12.7. The Balaban J connectivity index is 2.56. The molecule has 29 heavy (non-hydrogen) atoms. The predicted octanol–water partition coefficient (Wildman–Crippen LogP) is 3.12. The summed E-state index contributed by atoms with van der Waals surface area (Å²) in [6, 6.07) is 9.67. The second-order valence-electron chi connectivity index (χ2n) is 7.96. The van der Waals surface area contributed by atoms with Gasteiger partial charge in [-0.2, -0.15) is 5.26 Å². The van der Waals surface area contributed by atoms with E-state index in [1.54, 1.807) is 7.11 Å². The lowest BCUT2D eigenvalue weighted by Crippen LogP contribution is -2.36. The Labute approximate surface area is 173 Å². The Morgan fingerprint density at radius 3 is 2.24 bits per heavy atom. The average molecular weight is 398 g/mol. The predicted molar refractivity (Wildman–Crippen MR) is 115 cm³/mol. The lowest BCUT2D eigenvalue weighted by molar-refractivity contribution is -0.121. The van der Waals surface area contributed by atoms with E-state index in [0.717, 1.165) is 18.6 Å². The van der Waals surface area contributed by atoms with Crippen molar-refractivity contribution in [3.63, 3.8) is 0 Å². The summed E-state index contributed by atoms with van der Waals surface area (Å²) in [4.78, 5) is 24.4. The van der Waals surface area contributed by atoms with Gasteiger partial charge in [-0.25, -0.2) is 9.97 Å². The average Bonchev–Trinajstić information content (AvgIpc) is 2.67. The summed E-state index contributed by atoms with van der Waals surface area (Å²) in [5, 5.41) is 12.6. The van der Waals surface area contributed by atoms with Gasteiger partial charge in [0, 0.05) is 26.7 Å². The summed E-state index contributed by atoms with van der Waals surface area (Å²) in [6.45, 7) is 10.8. The number of aromatic nitrogens is 2. The van der Waals surface area contributed by atoms with E-state index in [1.165, 1.54) is 0 Å². The van der Waals surface area contributed by atoms with E-state index < -0.39 is 5.92 Å². The van der Waals surface area contributed by atoms with Crippen LogP contribution in [0.5, 0.6) is 0 Å². The standard InChI is InChI=1S/C22H31N5O2/c1-15(2)13-27(14-16(3)4)21-20(17(12-23)22(28)24-10-11-29-5)25-18-8-6-7-9-19(18)26-21/h6-9,15-17H,10-11,13-14H2,1-5H3,(H,24,28). The molecule has 1 amide bonds. The highest BCUT2D eigenvalue weighted by Crippen LogP contribution is 2.28. The lowest BCUT2D eigenvalue weighted by Gasteiger charge is -2.29. The van der Waals surface area contributed by atoms with E-state index in [-0.39, 0.29) is 5.91 Å². The number of fused-ring (bicyclic) bond motifs is 1. The fourth-order valence-electron chi connectivity index (χ4n) is 3.18. The maximum absolute atomic E-state index is 12.7. The molecule has 7 heteroatoms. The Morgan fingerprint density at radius 2 is 1.72 bits per heavy atom. The minimum atomic E-state index is -1.04. The minimum Gasteiger partial charge on any atom is -0.383 e. The van der Waals surface area contributed by atoms with Crippen LogP contribution in [0, 0.1) is 23.2 Å². The summed E-state index contributed by atoms with van der Waals surface area (Å²) < 4.78 is 4.98. The van der Waals surface area contributed by atoms with Crippen LogP contribution in [0.25, 0.3) is 11.0 Å². The third kappa shape index (κ3) is 6.13. The van der Waals surface area contributed by atoms with Crippen LogP contribution in [0.2, 0.25) is 0 Å². The van der Waals surface area contributed by atoms with Crippen molar-refractivity contribution in [2.45, 2.75) is 33.6 Å². The maximum Gasteiger partial charge on any atom is 0.243 e. The minimum absolute atomic E-state index is 0.339. The molecule has 0 aliphatic heterocycles. The smallest absolute Gasteiger partial charge is 0.243 e. The molecule has 0 bridgehead atoms. The van der Waals surface area contributed by atoms with Gasteiger partial charge in [-0.05, 0) is 24.0 Å². The molecule has 0 spiro atoms. The van der Waals surface area contributed by atoms with Crippen molar-refractivity contribution in [1.82, 2.24) is 15.3 Å². The second kappa shape index (κ2) is 10.7. The molecule has 1 aromatic heterocycles. The first-order valence-electron chi connectivity index (χ1n) is 10.0. The summed E-state index contributed by atoms with van der Waals surface area (Å²) >= 11 is 0. The van der Waals surface area contributed by atoms with Crippen LogP contribution in [-0.2, 0) is 9.53 Å². The van der Waals surface area contributed by atoms with Crippen LogP contribution in [-0.4, -0.2) is 49.2 Å². The van der Waals surface area contributed by atoms with Crippen LogP contribution in [0.1, 0.15) is 39.3 Å². The molecule has 1 atom stereocenters. The van der Waals surface area contributed by atoms with Crippen LogP contribution in [0.15, 0.2) is 24.3 Å². The van der Waals surface area contributed by atoms with Gasteiger partial charge in [0.25, 0.3) is 0 Å². The van der Waals surface area contributed by atoms with Crippen LogP contribution >= 0.6 is 0 Å². The van der Waals surface area contributed by atoms with E-state index in [2.05, 4.69) is 44.0 Å². The molecule has 0 saturated carbocycles.